The number of ketones is 1. The number of hydrogen-bond donors (Lipinski definition) is 0. The molecule has 0 bridgehead atoms. The van der Waals surface area contributed by atoms with E-state index < -0.39 is 11.9 Å². The van der Waals surface area contributed by atoms with Crippen molar-refractivity contribution in [2.45, 2.75) is 13.0 Å². The van der Waals surface area contributed by atoms with E-state index in [1.807, 2.05) is 30.3 Å². The van der Waals surface area contributed by atoms with Crippen molar-refractivity contribution in [3.63, 3.8) is 0 Å². The van der Waals surface area contributed by atoms with Gasteiger partial charge in [-0.25, -0.2) is 4.79 Å². The SMILES string of the molecule is COC(=O)c1ccc(C=CC(=O)CC(=O)OCc2ccccc2)cc1. The zero-order chi connectivity index (χ0) is 18.1. The summed E-state index contributed by atoms with van der Waals surface area (Å²) in [7, 11) is 1.31. The van der Waals surface area contributed by atoms with Gasteiger partial charge in [0.15, 0.2) is 5.78 Å². The summed E-state index contributed by atoms with van der Waals surface area (Å²) in [5.41, 5.74) is 2.03. The van der Waals surface area contributed by atoms with Gasteiger partial charge in [-0.3, -0.25) is 9.59 Å². The zero-order valence-electron chi connectivity index (χ0n) is 13.8. The second-order valence-electron chi connectivity index (χ2n) is 5.24. The lowest BCUT2D eigenvalue weighted by atomic mass is 10.1. The van der Waals surface area contributed by atoms with Crippen molar-refractivity contribution < 1.29 is 23.9 Å². The van der Waals surface area contributed by atoms with Crippen LogP contribution in [0.1, 0.15) is 27.9 Å². The summed E-state index contributed by atoms with van der Waals surface area (Å²) in [6.07, 6.45) is 2.58. The number of hydrogen-bond acceptors (Lipinski definition) is 5. The third-order valence-corrected chi connectivity index (χ3v) is 3.35. The van der Waals surface area contributed by atoms with Gasteiger partial charge in [0.25, 0.3) is 0 Å². The molecule has 5 heteroatoms. The van der Waals surface area contributed by atoms with Crippen LogP contribution in [-0.2, 0) is 25.7 Å². The Morgan fingerprint density at radius 1 is 0.960 bits per heavy atom. The average molecular weight is 338 g/mol. The summed E-state index contributed by atoms with van der Waals surface area (Å²) in [5, 5.41) is 0. The molecule has 0 atom stereocenters. The number of allylic oxidation sites excluding steroid dienone is 1. The first-order chi connectivity index (χ1) is 12.1. The maximum Gasteiger partial charge on any atom is 0.337 e. The van der Waals surface area contributed by atoms with E-state index in [0.29, 0.717) is 5.56 Å². The minimum absolute atomic E-state index is 0.145. The molecule has 0 fully saturated rings. The van der Waals surface area contributed by atoms with Crippen LogP contribution >= 0.6 is 0 Å². The van der Waals surface area contributed by atoms with Gasteiger partial charge >= 0.3 is 11.9 Å². The largest absolute Gasteiger partial charge is 0.465 e. The molecular weight excluding hydrogens is 320 g/mol. The monoisotopic (exact) mass is 338 g/mol. The van der Waals surface area contributed by atoms with E-state index in [9.17, 15) is 14.4 Å². The summed E-state index contributed by atoms with van der Waals surface area (Å²) >= 11 is 0. The van der Waals surface area contributed by atoms with Gasteiger partial charge in [-0.1, -0.05) is 48.5 Å². The molecule has 0 saturated heterocycles. The highest BCUT2D eigenvalue weighted by atomic mass is 16.5. The molecule has 0 amide bonds. The van der Waals surface area contributed by atoms with Gasteiger partial charge in [-0.05, 0) is 29.3 Å². The summed E-state index contributed by atoms with van der Waals surface area (Å²) in [4.78, 5) is 34.8. The Morgan fingerprint density at radius 2 is 1.64 bits per heavy atom. The second-order valence-corrected chi connectivity index (χ2v) is 5.24. The number of rotatable bonds is 7. The van der Waals surface area contributed by atoms with Crippen LogP contribution in [-0.4, -0.2) is 24.8 Å². The third kappa shape index (κ3) is 6.06. The van der Waals surface area contributed by atoms with Crippen molar-refractivity contribution in [3.8, 4) is 0 Å². The molecule has 0 aliphatic carbocycles. The van der Waals surface area contributed by atoms with Crippen LogP contribution in [0.5, 0.6) is 0 Å². The summed E-state index contributed by atoms with van der Waals surface area (Å²) < 4.78 is 9.67. The van der Waals surface area contributed by atoms with Gasteiger partial charge in [-0.15, -0.1) is 0 Å². The van der Waals surface area contributed by atoms with E-state index in [2.05, 4.69) is 4.74 Å². The van der Waals surface area contributed by atoms with E-state index in [0.717, 1.165) is 11.1 Å². The van der Waals surface area contributed by atoms with E-state index >= 15 is 0 Å². The van der Waals surface area contributed by atoms with Crippen molar-refractivity contribution in [1.29, 1.82) is 0 Å². The molecule has 2 aromatic carbocycles. The van der Waals surface area contributed by atoms with Crippen molar-refractivity contribution in [3.05, 3.63) is 77.4 Å². The summed E-state index contributed by atoms with van der Waals surface area (Å²) in [5.74, 6) is -1.34. The number of carbonyl (C=O) groups is 3. The van der Waals surface area contributed by atoms with Crippen LogP contribution in [0.2, 0.25) is 0 Å². The van der Waals surface area contributed by atoms with E-state index in [-0.39, 0.29) is 18.8 Å². The lowest BCUT2D eigenvalue weighted by Crippen LogP contribution is -2.09. The molecule has 2 rings (SSSR count). The molecule has 2 aromatic rings. The molecule has 128 valence electrons. The van der Waals surface area contributed by atoms with Gasteiger partial charge in [0.1, 0.15) is 13.0 Å². The molecule has 0 aromatic heterocycles. The number of benzene rings is 2. The molecule has 0 spiro atoms. The molecule has 0 radical (unpaired) electrons. The highest BCUT2D eigenvalue weighted by Gasteiger charge is 2.08. The molecule has 0 aliphatic heterocycles. The number of methoxy groups -OCH3 is 1. The fourth-order valence-electron chi connectivity index (χ4n) is 2.03. The minimum Gasteiger partial charge on any atom is -0.465 e. The number of esters is 2. The molecule has 0 aliphatic rings. The van der Waals surface area contributed by atoms with Gasteiger partial charge in [-0.2, -0.15) is 0 Å². The molecule has 5 nitrogen and oxygen atoms in total. The van der Waals surface area contributed by atoms with Crippen LogP contribution < -0.4 is 0 Å². The lowest BCUT2D eigenvalue weighted by molar-refractivity contribution is -0.146. The first-order valence-corrected chi connectivity index (χ1v) is 7.67. The third-order valence-electron chi connectivity index (χ3n) is 3.35. The smallest absolute Gasteiger partial charge is 0.337 e. The quantitative estimate of drug-likeness (QED) is 0.440. The Kier molecular flexibility index (Phi) is 6.65. The standard InChI is InChI=1S/C20H18O5/c1-24-20(23)17-10-7-15(8-11-17)9-12-18(21)13-19(22)25-14-16-5-3-2-4-6-16/h2-12H,13-14H2,1H3. The van der Waals surface area contributed by atoms with Crippen molar-refractivity contribution in [2.75, 3.05) is 7.11 Å². The topological polar surface area (TPSA) is 69.7 Å². The Bertz CT molecular complexity index is 760. The van der Waals surface area contributed by atoms with Crippen molar-refractivity contribution in [2.24, 2.45) is 0 Å². The van der Waals surface area contributed by atoms with Gasteiger partial charge in [0.2, 0.25) is 0 Å². The molecule has 0 heterocycles. The maximum absolute atomic E-state index is 11.8. The second kappa shape index (κ2) is 9.17. The van der Waals surface area contributed by atoms with Crippen LogP contribution in [0.15, 0.2) is 60.7 Å². The molecular formula is C20H18O5. The lowest BCUT2D eigenvalue weighted by Gasteiger charge is -2.03. The van der Waals surface area contributed by atoms with E-state index in [1.165, 1.54) is 13.2 Å². The maximum atomic E-state index is 11.8. The van der Waals surface area contributed by atoms with Crippen LogP contribution in [0.4, 0.5) is 0 Å². The fraction of sp³-hybridized carbons (Fsp3) is 0.150. The van der Waals surface area contributed by atoms with Crippen LogP contribution in [0.25, 0.3) is 6.08 Å². The van der Waals surface area contributed by atoms with Crippen LogP contribution in [0, 0.1) is 0 Å². The average Bonchev–Trinajstić information content (AvgIpc) is 2.65. The Balaban J connectivity index is 1.81. The predicted molar refractivity (Wildman–Crippen MR) is 92.7 cm³/mol. The first kappa shape index (κ1) is 18.1. The van der Waals surface area contributed by atoms with Gasteiger partial charge in [0, 0.05) is 0 Å². The minimum atomic E-state index is -0.570. The fourth-order valence-corrected chi connectivity index (χ4v) is 2.03. The number of carbonyl (C=O) groups excluding carboxylic acids is 3. The number of ether oxygens (including phenoxy) is 2. The zero-order valence-corrected chi connectivity index (χ0v) is 13.8. The molecule has 25 heavy (non-hydrogen) atoms. The normalized spacial score (nSPS) is 10.4. The van der Waals surface area contributed by atoms with Gasteiger partial charge in [0.05, 0.1) is 12.7 Å². The highest BCUT2D eigenvalue weighted by Crippen LogP contribution is 2.08. The Hall–Kier alpha value is -3.21. The molecule has 0 N–H and O–H groups in total. The van der Waals surface area contributed by atoms with E-state index in [1.54, 1.807) is 30.3 Å². The van der Waals surface area contributed by atoms with Crippen LogP contribution in [0.3, 0.4) is 0 Å². The first-order valence-electron chi connectivity index (χ1n) is 7.67. The summed E-state index contributed by atoms with van der Waals surface area (Å²) in [6.45, 7) is 0.145. The Labute approximate surface area is 145 Å². The molecule has 0 saturated carbocycles. The van der Waals surface area contributed by atoms with Crippen molar-refractivity contribution in [1.82, 2.24) is 0 Å². The van der Waals surface area contributed by atoms with Gasteiger partial charge < -0.3 is 9.47 Å². The van der Waals surface area contributed by atoms with Crippen molar-refractivity contribution >= 4 is 23.8 Å². The molecule has 0 unspecified atom stereocenters. The summed E-state index contributed by atoms with van der Waals surface area (Å²) in [6, 6.07) is 15.8. The Morgan fingerprint density at radius 3 is 2.28 bits per heavy atom. The highest BCUT2D eigenvalue weighted by molar-refractivity contribution is 6.04. The predicted octanol–water partition coefficient (Wildman–Crippen LogP) is 3.19. The van der Waals surface area contributed by atoms with E-state index in [4.69, 9.17) is 4.74 Å².